The van der Waals surface area contributed by atoms with Crippen molar-refractivity contribution in [3.63, 3.8) is 0 Å². The summed E-state index contributed by atoms with van der Waals surface area (Å²) in [7, 11) is 3.10. The number of piperidine rings is 1. The highest BCUT2D eigenvalue weighted by atomic mass is 19.4. The fourth-order valence-corrected chi connectivity index (χ4v) is 4.66. The number of aliphatic hydroxyl groups is 1. The number of nitrogens with zero attached hydrogens (tertiary/aromatic N) is 4. The molecule has 1 amide bonds. The van der Waals surface area contributed by atoms with Gasteiger partial charge in [-0.3, -0.25) is 9.78 Å². The minimum Gasteiger partial charge on any atom is -0.475 e. The molecule has 246 valence electrons. The monoisotopic (exact) mass is 629 g/mol. The first-order chi connectivity index (χ1) is 21.0. The normalized spacial score (nSPS) is 16.8. The van der Waals surface area contributed by atoms with Gasteiger partial charge in [0.15, 0.2) is 0 Å². The third kappa shape index (κ3) is 12.2. The van der Waals surface area contributed by atoms with Crippen LogP contribution in [0.3, 0.4) is 0 Å². The summed E-state index contributed by atoms with van der Waals surface area (Å²) in [6.45, 7) is 3.98. The third-order valence-corrected chi connectivity index (χ3v) is 7.26. The number of hydrogen-bond acceptors (Lipinski definition) is 9. The summed E-state index contributed by atoms with van der Waals surface area (Å²) in [5.74, 6) is -1.76. The molecule has 1 saturated carbocycles. The molecule has 0 spiro atoms. The first-order valence-electron chi connectivity index (χ1n) is 14.7. The topological polar surface area (TPSA) is 153 Å². The van der Waals surface area contributed by atoms with Gasteiger partial charge in [0.1, 0.15) is 12.0 Å². The molecule has 44 heavy (non-hydrogen) atoms. The number of halogens is 4. The molecule has 15 heteroatoms. The maximum atomic E-state index is 13.7. The average Bonchev–Trinajstić information content (AvgIpc) is 3.02. The van der Waals surface area contributed by atoms with Crippen molar-refractivity contribution in [2.24, 2.45) is 0 Å². The van der Waals surface area contributed by atoms with Crippen molar-refractivity contribution in [2.75, 3.05) is 44.4 Å². The first kappa shape index (κ1) is 36.6. The number of likely N-dealkylation sites (tertiary alicyclic amines) is 1. The van der Waals surface area contributed by atoms with Crippen LogP contribution in [0.5, 0.6) is 0 Å². The predicted molar refractivity (Wildman–Crippen MR) is 159 cm³/mol. The molecule has 0 bridgehead atoms. The molecule has 1 unspecified atom stereocenters. The highest BCUT2D eigenvalue weighted by molar-refractivity contribution is 5.94. The quantitative estimate of drug-likeness (QED) is 0.251. The Balaban J connectivity index is 0.000000661. The van der Waals surface area contributed by atoms with Crippen LogP contribution in [-0.4, -0.2) is 100 Å². The zero-order valence-corrected chi connectivity index (χ0v) is 25.3. The van der Waals surface area contributed by atoms with Gasteiger partial charge in [-0.05, 0) is 64.4 Å². The summed E-state index contributed by atoms with van der Waals surface area (Å²) >= 11 is 0. The van der Waals surface area contributed by atoms with E-state index in [4.69, 9.17) is 15.0 Å². The number of alkyl halides is 4. The average molecular weight is 630 g/mol. The molecule has 0 radical (unpaired) electrons. The number of aromatic nitrogens is 3. The van der Waals surface area contributed by atoms with Gasteiger partial charge in [-0.1, -0.05) is 26.2 Å². The smallest absolute Gasteiger partial charge is 0.475 e. The Bertz CT molecular complexity index is 1160. The Hall–Kier alpha value is -3.59. The van der Waals surface area contributed by atoms with E-state index in [-0.39, 0.29) is 18.5 Å². The molecular formula is C29H43F4N7O4. The van der Waals surface area contributed by atoms with Gasteiger partial charge >= 0.3 is 12.1 Å². The number of anilines is 2. The summed E-state index contributed by atoms with van der Waals surface area (Å²) in [6.07, 6.45) is 5.53. The number of aliphatic hydroxyl groups excluding tert-OH is 1. The summed E-state index contributed by atoms with van der Waals surface area (Å²) in [5, 5.41) is 23.8. The van der Waals surface area contributed by atoms with Crippen LogP contribution < -0.4 is 16.0 Å². The minimum absolute atomic E-state index is 0.0911. The summed E-state index contributed by atoms with van der Waals surface area (Å²) in [5.41, 5.74) is 2.01. The van der Waals surface area contributed by atoms with E-state index in [1.54, 1.807) is 18.5 Å². The fourth-order valence-electron chi connectivity index (χ4n) is 4.66. The molecule has 2 fully saturated rings. The lowest BCUT2D eigenvalue weighted by Gasteiger charge is -2.29. The zero-order valence-electron chi connectivity index (χ0n) is 25.3. The van der Waals surface area contributed by atoms with Crippen LogP contribution in [0.15, 0.2) is 24.5 Å². The van der Waals surface area contributed by atoms with Crippen LogP contribution in [0.2, 0.25) is 0 Å². The number of rotatable bonds is 9. The number of hydrogen-bond donors (Lipinski definition) is 5. The Labute approximate surface area is 254 Å². The molecule has 4 rings (SSSR count). The van der Waals surface area contributed by atoms with E-state index in [0.29, 0.717) is 35.5 Å². The van der Waals surface area contributed by atoms with Crippen molar-refractivity contribution in [3.8, 4) is 11.3 Å². The van der Waals surface area contributed by atoms with Gasteiger partial charge in [-0.25, -0.2) is 14.2 Å². The molecule has 1 aliphatic carbocycles. The van der Waals surface area contributed by atoms with Crippen LogP contribution in [0.1, 0.15) is 68.6 Å². The van der Waals surface area contributed by atoms with Crippen molar-refractivity contribution < 1.29 is 37.4 Å². The van der Waals surface area contributed by atoms with Crippen molar-refractivity contribution in [1.82, 2.24) is 25.2 Å². The van der Waals surface area contributed by atoms with Crippen LogP contribution in [0.25, 0.3) is 11.3 Å². The number of nitrogens with one attached hydrogen (secondary N) is 3. The second-order valence-electron chi connectivity index (χ2n) is 10.6. The van der Waals surface area contributed by atoms with E-state index in [9.17, 15) is 22.4 Å². The summed E-state index contributed by atoms with van der Waals surface area (Å²) in [4.78, 5) is 37.5. The van der Waals surface area contributed by atoms with Gasteiger partial charge in [-0.2, -0.15) is 18.2 Å². The number of carboxylic acids is 1. The standard InChI is InChI=1S/C26H38FN7O.C2HF3O2.CH4O/c1-3-19(27)16-29-26-30-17-22(24(33-26)31-20-7-5-4-6-8-20)23-10-9-18(15-28-23)25(35)32-21-11-13-34(2)14-12-21;3-2(4,5)1(6)7;1-2/h9-10,15,17,19-21H,3-8,11-14,16H2,1-2H3,(H,32,35)(H2,29,30,31,33);(H,6,7);2H,1H3. The number of carbonyl (C=O) groups is 2. The molecule has 5 N–H and O–H groups in total. The van der Waals surface area contributed by atoms with E-state index in [2.05, 4.69) is 42.8 Å². The zero-order chi connectivity index (χ0) is 32.7. The molecule has 2 aromatic heterocycles. The molecule has 3 heterocycles. The third-order valence-electron chi connectivity index (χ3n) is 7.26. The van der Waals surface area contributed by atoms with Gasteiger partial charge < -0.3 is 31.1 Å². The molecule has 11 nitrogen and oxygen atoms in total. The van der Waals surface area contributed by atoms with E-state index in [1.165, 1.54) is 19.3 Å². The number of carbonyl (C=O) groups excluding carboxylic acids is 1. The Kier molecular flexibility index (Phi) is 15.2. The number of aliphatic carboxylic acids is 1. The highest BCUT2D eigenvalue weighted by Crippen LogP contribution is 2.29. The van der Waals surface area contributed by atoms with E-state index < -0.39 is 18.3 Å². The maximum Gasteiger partial charge on any atom is 0.490 e. The van der Waals surface area contributed by atoms with Crippen LogP contribution >= 0.6 is 0 Å². The molecule has 0 aromatic carbocycles. The fraction of sp³-hybridized carbons (Fsp3) is 0.621. The molecule has 1 saturated heterocycles. The Morgan fingerprint density at radius 1 is 1.02 bits per heavy atom. The van der Waals surface area contributed by atoms with Crippen LogP contribution in [0.4, 0.5) is 29.3 Å². The number of pyridine rings is 1. The first-order valence-corrected chi connectivity index (χ1v) is 14.7. The SMILES string of the molecule is CCC(F)CNc1ncc(-c2ccc(C(=O)NC3CCN(C)CC3)cn2)c(NC2CCCCC2)n1.CO.O=C(O)C(F)(F)F. The summed E-state index contributed by atoms with van der Waals surface area (Å²) in [6, 6.07) is 4.19. The highest BCUT2D eigenvalue weighted by Gasteiger charge is 2.38. The second kappa shape index (κ2) is 18.3. The molecule has 1 atom stereocenters. The summed E-state index contributed by atoms with van der Waals surface area (Å²) < 4.78 is 45.5. The van der Waals surface area contributed by atoms with Crippen molar-refractivity contribution in [3.05, 3.63) is 30.1 Å². The van der Waals surface area contributed by atoms with Gasteiger partial charge in [0.25, 0.3) is 5.91 Å². The van der Waals surface area contributed by atoms with Crippen LogP contribution in [0, 0.1) is 0 Å². The van der Waals surface area contributed by atoms with Gasteiger partial charge in [0.05, 0.1) is 16.8 Å². The number of carboxylic acid groups (broad SMARTS) is 1. The second-order valence-corrected chi connectivity index (χ2v) is 10.6. The minimum atomic E-state index is -5.08. The van der Waals surface area contributed by atoms with Crippen molar-refractivity contribution >= 4 is 23.6 Å². The molecular weight excluding hydrogens is 586 g/mol. The largest absolute Gasteiger partial charge is 0.490 e. The van der Waals surface area contributed by atoms with Crippen molar-refractivity contribution in [1.29, 1.82) is 0 Å². The van der Waals surface area contributed by atoms with E-state index in [0.717, 1.165) is 51.4 Å². The molecule has 2 aliphatic rings. The Morgan fingerprint density at radius 3 is 2.20 bits per heavy atom. The maximum absolute atomic E-state index is 13.7. The molecule has 1 aliphatic heterocycles. The number of amides is 1. The van der Waals surface area contributed by atoms with Crippen LogP contribution in [-0.2, 0) is 4.79 Å². The van der Waals surface area contributed by atoms with Gasteiger partial charge in [-0.15, -0.1) is 0 Å². The lowest BCUT2D eigenvalue weighted by molar-refractivity contribution is -0.192. The lowest BCUT2D eigenvalue weighted by atomic mass is 9.95. The molecule has 2 aromatic rings. The van der Waals surface area contributed by atoms with Gasteiger partial charge in [0.2, 0.25) is 5.95 Å². The Morgan fingerprint density at radius 2 is 1.66 bits per heavy atom. The van der Waals surface area contributed by atoms with E-state index in [1.807, 2.05) is 13.0 Å². The van der Waals surface area contributed by atoms with Crippen molar-refractivity contribution in [2.45, 2.75) is 82.7 Å². The predicted octanol–water partition coefficient (Wildman–Crippen LogP) is 4.51. The lowest BCUT2D eigenvalue weighted by Crippen LogP contribution is -2.43. The van der Waals surface area contributed by atoms with E-state index >= 15 is 0 Å². The van der Waals surface area contributed by atoms with Gasteiger partial charge in [0, 0.05) is 38.1 Å².